The van der Waals surface area contributed by atoms with Gasteiger partial charge in [0.15, 0.2) is 0 Å². The Labute approximate surface area is 133 Å². The van der Waals surface area contributed by atoms with E-state index in [1.54, 1.807) is 0 Å². The van der Waals surface area contributed by atoms with Gasteiger partial charge in [-0.1, -0.05) is 27.2 Å². The van der Waals surface area contributed by atoms with E-state index in [0.29, 0.717) is 6.10 Å². The van der Waals surface area contributed by atoms with Gasteiger partial charge in [-0.25, -0.2) is 0 Å². The van der Waals surface area contributed by atoms with E-state index in [1.165, 1.54) is 32.1 Å². The van der Waals surface area contributed by atoms with Gasteiger partial charge < -0.3 is 0 Å². The summed E-state index contributed by atoms with van der Waals surface area (Å²) < 4.78 is 0. The predicted molar refractivity (Wildman–Crippen MR) is 92.2 cm³/mol. The fourth-order valence-electron chi connectivity index (χ4n) is 4.00. The summed E-state index contributed by atoms with van der Waals surface area (Å²) in [6.45, 7) is 18.6. The molecule has 1 saturated heterocycles. The molecule has 21 heavy (non-hydrogen) atoms. The lowest BCUT2D eigenvalue weighted by Crippen LogP contribution is -2.59. The van der Waals surface area contributed by atoms with E-state index in [-0.39, 0.29) is 11.1 Å². The Balaban J connectivity index is 2.57. The van der Waals surface area contributed by atoms with Gasteiger partial charge in [0.2, 0.25) is 0 Å². The van der Waals surface area contributed by atoms with Gasteiger partial charge in [-0.05, 0) is 78.6 Å². The SMILES string of the molecule is CCC(C)CC(C)CC(C)ON1C(C)(C)CCCC1(C)C. The fourth-order valence-corrected chi connectivity index (χ4v) is 4.00. The second kappa shape index (κ2) is 7.46. The number of hydroxylamine groups is 2. The topological polar surface area (TPSA) is 12.5 Å². The van der Waals surface area contributed by atoms with Crippen molar-refractivity contribution < 1.29 is 4.84 Å². The normalized spacial score (nSPS) is 26.3. The minimum Gasteiger partial charge on any atom is -0.295 e. The van der Waals surface area contributed by atoms with Crippen LogP contribution in [0.3, 0.4) is 0 Å². The summed E-state index contributed by atoms with van der Waals surface area (Å²) in [5.41, 5.74) is 0.298. The Hall–Kier alpha value is -0.0800. The first kappa shape index (κ1) is 19.0. The van der Waals surface area contributed by atoms with Gasteiger partial charge in [0.1, 0.15) is 0 Å². The largest absolute Gasteiger partial charge is 0.295 e. The first-order valence-electron chi connectivity index (χ1n) is 9.05. The molecule has 0 radical (unpaired) electrons. The van der Waals surface area contributed by atoms with Crippen LogP contribution >= 0.6 is 0 Å². The molecule has 1 heterocycles. The van der Waals surface area contributed by atoms with E-state index in [4.69, 9.17) is 4.84 Å². The number of piperidine rings is 1. The van der Waals surface area contributed by atoms with E-state index >= 15 is 0 Å². The van der Waals surface area contributed by atoms with Crippen molar-refractivity contribution in [2.24, 2.45) is 11.8 Å². The molecule has 0 aliphatic carbocycles. The van der Waals surface area contributed by atoms with Crippen LogP contribution in [0.4, 0.5) is 0 Å². The van der Waals surface area contributed by atoms with Crippen LogP contribution in [0.25, 0.3) is 0 Å². The molecule has 126 valence electrons. The lowest BCUT2D eigenvalue weighted by atomic mass is 9.82. The number of hydrogen-bond donors (Lipinski definition) is 0. The summed E-state index contributed by atoms with van der Waals surface area (Å²) in [4.78, 5) is 6.44. The molecule has 0 spiro atoms. The average molecular weight is 298 g/mol. The monoisotopic (exact) mass is 297 g/mol. The third-order valence-electron chi connectivity index (χ3n) is 5.20. The van der Waals surface area contributed by atoms with Gasteiger partial charge in [-0.15, -0.1) is 0 Å². The minimum atomic E-state index is 0.149. The molecule has 0 aromatic carbocycles. The quantitative estimate of drug-likeness (QED) is 0.587. The molecule has 1 rings (SSSR count). The maximum Gasteiger partial charge on any atom is 0.0768 e. The van der Waals surface area contributed by atoms with Crippen molar-refractivity contribution in [3.8, 4) is 0 Å². The van der Waals surface area contributed by atoms with Crippen molar-refractivity contribution in [1.29, 1.82) is 0 Å². The van der Waals surface area contributed by atoms with Crippen molar-refractivity contribution in [3.63, 3.8) is 0 Å². The van der Waals surface area contributed by atoms with Crippen molar-refractivity contribution in [1.82, 2.24) is 5.06 Å². The summed E-state index contributed by atoms with van der Waals surface area (Å²) in [6, 6.07) is 0. The lowest BCUT2D eigenvalue weighted by Gasteiger charge is -2.52. The molecule has 0 aromatic heterocycles. The Bertz CT molecular complexity index is 295. The van der Waals surface area contributed by atoms with E-state index in [1.807, 2.05) is 0 Å². The maximum absolute atomic E-state index is 6.44. The van der Waals surface area contributed by atoms with Crippen LogP contribution in [0.2, 0.25) is 0 Å². The highest BCUT2D eigenvalue weighted by Gasteiger charge is 2.43. The Morgan fingerprint density at radius 2 is 1.43 bits per heavy atom. The third kappa shape index (κ3) is 5.56. The van der Waals surface area contributed by atoms with Crippen LogP contribution in [0.15, 0.2) is 0 Å². The molecule has 1 fully saturated rings. The van der Waals surface area contributed by atoms with Crippen LogP contribution in [0.5, 0.6) is 0 Å². The summed E-state index contributed by atoms with van der Waals surface area (Å²) in [6.07, 6.45) is 7.83. The first-order valence-corrected chi connectivity index (χ1v) is 9.05. The van der Waals surface area contributed by atoms with Crippen LogP contribution < -0.4 is 0 Å². The molecule has 0 N–H and O–H groups in total. The summed E-state index contributed by atoms with van der Waals surface area (Å²) >= 11 is 0. The van der Waals surface area contributed by atoms with E-state index in [0.717, 1.165) is 18.3 Å². The van der Waals surface area contributed by atoms with Gasteiger partial charge in [0.25, 0.3) is 0 Å². The lowest BCUT2D eigenvalue weighted by molar-refractivity contribution is -0.303. The molecule has 3 atom stereocenters. The molecule has 3 unspecified atom stereocenters. The van der Waals surface area contributed by atoms with E-state index < -0.39 is 0 Å². The molecule has 0 aromatic rings. The Morgan fingerprint density at radius 1 is 0.905 bits per heavy atom. The van der Waals surface area contributed by atoms with Crippen molar-refractivity contribution >= 4 is 0 Å². The minimum absolute atomic E-state index is 0.149. The standard InChI is InChI=1S/C19H39NO/c1-9-15(2)13-16(3)14-17(4)21-20-18(5,6)11-10-12-19(20,7)8/h15-17H,9-14H2,1-8H3. The third-order valence-corrected chi connectivity index (χ3v) is 5.20. The second-order valence-corrected chi connectivity index (χ2v) is 8.78. The van der Waals surface area contributed by atoms with Crippen LogP contribution in [0.1, 0.15) is 93.9 Å². The van der Waals surface area contributed by atoms with Crippen LogP contribution in [-0.2, 0) is 4.84 Å². The second-order valence-electron chi connectivity index (χ2n) is 8.78. The number of nitrogens with zero attached hydrogens (tertiary/aromatic N) is 1. The Morgan fingerprint density at radius 3 is 1.90 bits per heavy atom. The van der Waals surface area contributed by atoms with Crippen molar-refractivity contribution in [3.05, 3.63) is 0 Å². The highest BCUT2D eigenvalue weighted by atomic mass is 16.7. The highest BCUT2D eigenvalue weighted by Crippen LogP contribution is 2.39. The summed E-state index contributed by atoms with van der Waals surface area (Å²) in [5, 5.41) is 2.31. The van der Waals surface area contributed by atoms with E-state index in [2.05, 4.69) is 60.5 Å². The van der Waals surface area contributed by atoms with E-state index in [9.17, 15) is 0 Å². The van der Waals surface area contributed by atoms with Gasteiger partial charge in [-0.2, -0.15) is 5.06 Å². The highest BCUT2D eigenvalue weighted by molar-refractivity contribution is 4.93. The van der Waals surface area contributed by atoms with Crippen molar-refractivity contribution in [2.45, 2.75) is 111 Å². The molecule has 2 heteroatoms. The van der Waals surface area contributed by atoms with Gasteiger partial charge >= 0.3 is 0 Å². The van der Waals surface area contributed by atoms with Gasteiger partial charge in [0.05, 0.1) is 6.10 Å². The summed E-state index contributed by atoms with van der Waals surface area (Å²) in [7, 11) is 0. The smallest absolute Gasteiger partial charge is 0.0768 e. The zero-order valence-corrected chi connectivity index (χ0v) is 15.8. The Kier molecular flexibility index (Phi) is 6.74. The first-order chi connectivity index (χ1) is 9.58. The van der Waals surface area contributed by atoms with Crippen molar-refractivity contribution in [2.75, 3.05) is 0 Å². The molecule has 1 aliphatic rings. The molecular weight excluding hydrogens is 258 g/mol. The molecular formula is C19H39NO. The van der Waals surface area contributed by atoms with Crippen LogP contribution in [-0.4, -0.2) is 22.2 Å². The van der Waals surface area contributed by atoms with Gasteiger partial charge in [0, 0.05) is 11.1 Å². The zero-order valence-electron chi connectivity index (χ0n) is 15.8. The molecule has 2 nitrogen and oxygen atoms in total. The number of rotatable bonds is 7. The van der Waals surface area contributed by atoms with Crippen LogP contribution in [0, 0.1) is 11.8 Å². The van der Waals surface area contributed by atoms with Gasteiger partial charge in [-0.3, -0.25) is 4.84 Å². The predicted octanol–water partition coefficient (Wildman–Crippen LogP) is 5.81. The fraction of sp³-hybridized carbons (Fsp3) is 1.00. The molecule has 0 amide bonds. The molecule has 0 bridgehead atoms. The summed E-state index contributed by atoms with van der Waals surface area (Å²) in [5.74, 6) is 1.57. The number of hydrogen-bond acceptors (Lipinski definition) is 2. The maximum atomic E-state index is 6.44. The molecule has 1 aliphatic heterocycles. The zero-order chi connectivity index (χ0) is 16.3. The average Bonchev–Trinajstić information content (AvgIpc) is 2.33. The molecule has 0 saturated carbocycles.